The molecule has 0 aliphatic heterocycles. The number of rotatable bonds is 0. The Kier molecular flexibility index (Phi) is 2.33. The van der Waals surface area contributed by atoms with E-state index >= 15 is 0 Å². The van der Waals surface area contributed by atoms with Crippen LogP contribution in [0.3, 0.4) is 0 Å². The zero-order valence-corrected chi connectivity index (χ0v) is 9.32. The summed E-state index contributed by atoms with van der Waals surface area (Å²) in [4.78, 5) is 8.55. The van der Waals surface area contributed by atoms with Crippen LogP contribution >= 0.6 is 23.2 Å². The van der Waals surface area contributed by atoms with E-state index in [9.17, 15) is 0 Å². The van der Waals surface area contributed by atoms with E-state index in [0.29, 0.717) is 21.4 Å². The number of hydrogen-bond acceptors (Lipinski definition) is 2. The Morgan fingerprint density at radius 2 is 1.71 bits per heavy atom. The van der Waals surface area contributed by atoms with Crippen LogP contribution in [0.4, 0.5) is 0 Å². The summed E-state index contributed by atoms with van der Waals surface area (Å²) in [6.45, 7) is 3.73. The Morgan fingerprint density at radius 1 is 1.00 bits per heavy atom. The maximum atomic E-state index is 6.07. The third-order valence-electron chi connectivity index (χ3n) is 2.03. The highest BCUT2D eigenvalue weighted by atomic mass is 35.5. The lowest BCUT2D eigenvalue weighted by Gasteiger charge is -2.04. The molecule has 0 aliphatic rings. The van der Waals surface area contributed by atoms with Gasteiger partial charge in [-0.1, -0.05) is 23.2 Å². The first-order chi connectivity index (χ1) is 6.59. The molecule has 0 aromatic carbocycles. The number of nitrogens with zero attached hydrogens (tertiary/aromatic N) is 2. The van der Waals surface area contributed by atoms with Crippen molar-refractivity contribution in [2.75, 3.05) is 0 Å². The second-order valence-electron chi connectivity index (χ2n) is 3.15. The van der Waals surface area contributed by atoms with Gasteiger partial charge in [-0.05, 0) is 26.0 Å². The first-order valence-electron chi connectivity index (χ1n) is 4.18. The van der Waals surface area contributed by atoms with E-state index in [1.807, 2.05) is 26.0 Å². The van der Waals surface area contributed by atoms with E-state index in [1.54, 1.807) is 0 Å². The van der Waals surface area contributed by atoms with Gasteiger partial charge in [-0.25, -0.2) is 9.97 Å². The number of aromatic nitrogens is 2. The van der Waals surface area contributed by atoms with Crippen LogP contribution in [0.25, 0.3) is 11.0 Å². The summed E-state index contributed by atoms with van der Waals surface area (Å²) in [5, 5.41) is 1.83. The van der Waals surface area contributed by atoms with Gasteiger partial charge < -0.3 is 0 Å². The molecule has 0 bridgehead atoms. The third-order valence-corrected chi connectivity index (χ3v) is 2.99. The Balaban J connectivity index is 2.91. The van der Waals surface area contributed by atoms with Gasteiger partial charge in [0.1, 0.15) is 0 Å². The van der Waals surface area contributed by atoms with E-state index < -0.39 is 0 Å². The Labute approximate surface area is 91.9 Å². The number of halogens is 2. The molecule has 14 heavy (non-hydrogen) atoms. The zero-order valence-electron chi connectivity index (χ0n) is 7.81. The van der Waals surface area contributed by atoms with Crippen molar-refractivity contribution < 1.29 is 0 Å². The molecule has 0 saturated heterocycles. The molecule has 72 valence electrons. The molecule has 0 amide bonds. The average Bonchev–Trinajstić information content (AvgIpc) is 2.14. The third kappa shape index (κ3) is 1.45. The second kappa shape index (κ2) is 3.37. The van der Waals surface area contributed by atoms with Crippen molar-refractivity contribution in [3.63, 3.8) is 0 Å². The van der Waals surface area contributed by atoms with Gasteiger partial charge in [0.15, 0.2) is 5.65 Å². The van der Waals surface area contributed by atoms with Gasteiger partial charge >= 0.3 is 0 Å². The molecule has 0 fully saturated rings. The summed E-state index contributed by atoms with van der Waals surface area (Å²) in [6, 6.07) is 3.78. The van der Waals surface area contributed by atoms with Crippen LogP contribution < -0.4 is 0 Å². The maximum Gasteiger partial charge on any atom is 0.161 e. The van der Waals surface area contributed by atoms with E-state index in [2.05, 4.69) is 9.97 Å². The number of pyridine rings is 2. The molecule has 2 aromatic rings. The molecule has 0 saturated carbocycles. The van der Waals surface area contributed by atoms with Crippen LogP contribution in [0.1, 0.15) is 11.4 Å². The normalized spacial score (nSPS) is 10.9. The molecular weight excluding hydrogens is 219 g/mol. The maximum absolute atomic E-state index is 6.07. The first-order valence-corrected chi connectivity index (χ1v) is 4.94. The molecule has 0 aliphatic carbocycles. The Bertz CT molecular complexity index is 509. The van der Waals surface area contributed by atoms with Gasteiger partial charge in [0, 0.05) is 11.1 Å². The predicted octanol–water partition coefficient (Wildman–Crippen LogP) is 3.55. The Hall–Kier alpha value is -0.860. The highest BCUT2D eigenvalue weighted by Crippen LogP contribution is 2.30. The summed E-state index contributed by atoms with van der Waals surface area (Å²) >= 11 is 12.0. The SMILES string of the molecule is Cc1ccc2c(Cl)c(Cl)c(C)nc2n1. The smallest absolute Gasteiger partial charge is 0.161 e. The van der Waals surface area contributed by atoms with Crippen LogP contribution in [0, 0.1) is 13.8 Å². The van der Waals surface area contributed by atoms with E-state index in [1.165, 1.54) is 0 Å². The van der Waals surface area contributed by atoms with E-state index in [0.717, 1.165) is 11.1 Å². The first kappa shape index (κ1) is 9.69. The molecule has 2 heterocycles. The fourth-order valence-corrected chi connectivity index (χ4v) is 1.71. The molecule has 2 aromatic heterocycles. The van der Waals surface area contributed by atoms with Crippen molar-refractivity contribution >= 4 is 34.2 Å². The van der Waals surface area contributed by atoms with Crippen LogP contribution in [0.5, 0.6) is 0 Å². The molecule has 2 nitrogen and oxygen atoms in total. The average molecular weight is 227 g/mol. The highest BCUT2D eigenvalue weighted by Gasteiger charge is 2.09. The lowest BCUT2D eigenvalue weighted by molar-refractivity contribution is 1.16. The van der Waals surface area contributed by atoms with Crippen molar-refractivity contribution in [3.8, 4) is 0 Å². The molecule has 4 heteroatoms. The Morgan fingerprint density at radius 3 is 2.43 bits per heavy atom. The van der Waals surface area contributed by atoms with Gasteiger partial charge in [-0.15, -0.1) is 0 Å². The molecule has 0 atom stereocenters. The molecule has 2 rings (SSSR count). The quantitative estimate of drug-likeness (QED) is 0.687. The van der Waals surface area contributed by atoms with Gasteiger partial charge in [-0.3, -0.25) is 0 Å². The molecule has 0 radical (unpaired) electrons. The monoisotopic (exact) mass is 226 g/mol. The van der Waals surface area contributed by atoms with Crippen molar-refractivity contribution in [1.29, 1.82) is 0 Å². The van der Waals surface area contributed by atoms with Crippen LogP contribution in [-0.2, 0) is 0 Å². The minimum atomic E-state index is 0.504. The number of fused-ring (bicyclic) bond motifs is 1. The van der Waals surface area contributed by atoms with Gasteiger partial charge in [0.05, 0.1) is 15.7 Å². The van der Waals surface area contributed by atoms with Crippen molar-refractivity contribution in [2.24, 2.45) is 0 Å². The molecule has 0 N–H and O–H groups in total. The van der Waals surface area contributed by atoms with Crippen molar-refractivity contribution in [2.45, 2.75) is 13.8 Å². The molecule has 0 unspecified atom stereocenters. The summed E-state index contributed by atoms with van der Waals surface area (Å²) in [7, 11) is 0. The molecular formula is C10H8Cl2N2. The number of aryl methyl sites for hydroxylation is 2. The van der Waals surface area contributed by atoms with Gasteiger partial charge in [-0.2, -0.15) is 0 Å². The van der Waals surface area contributed by atoms with E-state index in [4.69, 9.17) is 23.2 Å². The standard InChI is InChI=1S/C10H8Cl2N2/c1-5-3-4-7-9(12)8(11)6(2)14-10(7)13-5/h3-4H,1-2H3. The predicted molar refractivity (Wildman–Crippen MR) is 59.0 cm³/mol. The summed E-state index contributed by atoms with van der Waals surface area (Å²) in [6.07, 6.45) is 0. The van der Waals surface area contributed by atoms with E-state index in [-0.39, 0.29) is 0 Å². The molecule has 0 spiro atoms. The van der Waals surface area contributed by atoms with Crippen molar-refractivity contribution in [3.05, 3.63) is 33.6 Å². The fraction of sp³-hybridized carbons (Fsp3) is 0.200. The van der Waals surface area contributed by atoms with Gasteiger partial charge in [0.2, 0.25) is 0 Å². The van der Waals surface area contributed by atoms with Crippen LogP contribution in [0.2, 0.25) is 10.0 Å². The fourth-order valence-electron chi connectivity index (χ4n) is 1.28. The number of hydrogen-bond donors (Lipinski definition) is 0. The largest absolute Gasteiger partial charge is 0.233 e. The van der Waals surface area contributed by atoms with Gasteiger partial charge in [0.25, 0.3) is 0 Å². The zero-order chi connectivity index (χ0) is 10.3. The summed E-state index contributed by atoms with van der Waals surface area (Å²) < 4.78 is 0. The summed E-state index contributed by atoms with van der Waals surface area (Å²) in [5.41, 5.74) is 2.28. The van der Waals surface area contributed by atoms with Crippen molar-refractivity contribution in [1.82, 2.24) is 9.97 Å². The second-order valence-corrected chi connectivity index (χ2v) is 3.90. The topological polar surface area (TPSA) is 25.8 Å². The lowest BCUT2D eigenvalue weighted by Crippen LogP contribution is -1.91. The highest BCUT2D eigenvalue weighted by molar-refractivity contribution is 6.45. The lowest BCUT2D eigenvalue weighted by atomic mass is 10.2. The minimum Gasteiger partial charge on any atom is -0.233 e. The van der Waals surface area contributed by atoms with Crippen LogP contribution in [-0.4, -0.2) is 9.97 Å². The minimum absolute atomic E-state index is 0.504. The summed E-state index contributed by atoms with van der Waals surface area (Å²) in [5.74, 6) is 0. The van der Waals surface area contributed by atoms with Crippen LogP contribution in [0.15, 0.2) is 12.1 Å².